The lowest BCUT2D eigenvalue weighted by Gasteiger charge is -2.28. The minimum Gasteiger partial charge on any atom is -0.497 e. The molecule has 0 fully saturated rings. The number of rotatable bonds is 5. The molecule has 0 saturated carbocycles. The van der Waals surface area contributed by atoms with Crippen LogP contribution < -0.4 is 4.74 Å². The second-order valence-corrected chi connectivity index (χ2v) is 8.65. The summed E-state index contributed by atoms with van der Waals surface area (Å²) in [5.41, 5.74) is 6.46. The first-order valence-electron chi connectivity index (χ1n) is 11.1. The molecule has 4 aromatic rings. The van der Waals surface area contributed by atoms with Gasteiger partial charge >= 0.3 is 0 Å². The van der Waals surface area contributed by atoms with Crippen LogP contribution in [0.5, 0.6) is 5.75 Å². The summed E-state index contributed by atoms with van der Waals surface area (Å²) >= 11 is 6.06. The van der Waals surface area contributed by atoms with Gasteiger partial charge in [-0.1, -0.05) is 66.2 Å². The van der Waals surface area contributed by atoms with E-state index < -0.39 is 0 Å². The van der Waals surface area contributed by atoms with Crippen molar-refractivity contribution < 1.29 is 9.53 Å². The van der Waals surface area contributed by atoms with E-state index in [-0.39, 0.29) is 5.91 Å². The summed E-state index contributed by atoms with van der Waals surface area (Å²) in [6.45, 7) is 1.12. The zero-order valence-electron chi connectivity index (χ0n) is 18.8. The van der Waals surface area contributed by atoms with Crippen molar-refractivity contribution in [1.29, 1.82) is 0 Å². The lowest BCUT2D eigenvalue weighted by Crippen LogP contribution is -2.36. The maximum Gasteiger partial charge on any atom is 0.254 e. The van der Waals surface area contributed by atoms with E-state index in [1.54, 1.807) is 7.11 Å². The Morgan fingerprint density at radius 2 is 1.76 bits per heavy atom. The van der Waals surface area contributed by atoms with Gasteiger partial charge in [-0.25, -0.2) is 0 Å². The average Bonchev–Trinajstić information content (AvgIpc) is 3.31. The van der Waals surface area contributed by atoms with Crippen LogP contribution in [0.4, 0.5) is 0 Å². The standard InChI is InChI=1S/C28H24ClN3O2/c1-34-23-13-7-19(8-14-23)17-24(20-5-3-2-4-6-20)28(33)32-16-15-26-25(18-32)27(31-30-26)21-9-11-22(29)12-10-21/h2-14,17H,15-16,18H2,1H3,(H,30,31)/b24-17+. The van der Waals surface area contributed by atoms with Gasteiger partial charge in [0.25, 0.3) is 5.91 Å². The van der Waals surface area contributed by atoms with Crippen molar-refractivity contribution in [1.82, 2.24) is 15.1 Å². The highest BCUT2D eigenvalue weighted by Gasteiger charge is 2.28. The van der Waals surface area contributed by atoms with Crippen LogP contribution in [0.3, 0.4) is 0 Å². The number of ether oxygens (including phenoxy) is 1. The first-order chi connectivity index (χ1) is 16.6. The fraction of sp³-hybridized carbons (Fsp3) is 0.143. The number of benzene rings is 3. The molecule has 5 rings (SSSR count). The molecule has 1 aliphatic rings. The van der Waals surface area contributed by atoms with E-state index in [0.29, 0.717) is 23.7 Å². The maximum atomic E-state index is 13.8. The van der Waals surface area contributed by atoms with Crippen molar-refractivity contribution in [3.05, 3.63) is 106 Å². The van der Waals surface area contributed by atoms with E-state index in [9.17, 15) is 4.79 Å². The Morgan fingerprint density at radius 3 is 2.47 bits per heavy atom. The smallest absolute Gasteiger partial charge is 0.254 e. The maximum absolute atomic E-state index is 13.8. The largest absolute Gasteiger partial charge is 0.497 e. The molecule has 170 valence electrons. The molecule has 6 heteroatoms. The highest BCUT2D eigenvalue weighted by molar-refractivity contribution is 6.30. The van der Waals surface area contributed by atoms with Crippen LogP contribution in [0, 0.1) is 0 Å². The van der Waals surface area contributed by atoms with E-state index in [2.05, 4.69) is 10.2 Å². The van der Waals surface area contributed by atoms with Crippen LogP contribution >= 0.6 is 11.6 Å². The Labute approximate surface area is 203 Å². The summed E-state index contributed by atoms with van der Waals surface area (Å²) in [6.07, 6.45) is 2.67. The Bertz CT molecular complexity index is 1330. The van der Waals surface area contributed by atoms with Crippen molar-refractivity contribution in [2.75, 3.05) is 13.7 Å². The van der Waals surface area contributed by atoms with Gasteiger partial charge in [-0.3, -0.25) is 9.89 Å². The number of carbonyl (C=O) groups is 1. The molecule has 0 spiro atoms. The number of fused-ring (bicyclic) bond motifs is 1. The predicted octanol–water partition coefficient (Wildman–Crippen LogP) is 5.86. The van der Waals surface area contributed by atoms with Crippen molar-refractivity contribution in [3.8, 4) is 17.0 Å². The molecule has 2 heterocycles. The number of nitrogens with zero attached hydrogens (tertiary/aromatic N) is 2. The molecule has 1 aliphatic heterocycles. The third kappa shape index (κ3) is 4.47. The van der Waals surface area contributed by atoms with Gasteiger partial charge < -0.3 is 9.64 Å². The van der Waals surface area contributed by atoms with Crippen LogP contribution in [-0.4, -0.2) is 34.7 Å². The summed E-state index contributed by atoms with van der Waals surface area (Å²) in [5, 5.41) is 8.39. The highest BCUT2D eigenvalue weighted by atomic mass is 35.5. The average molecular weight is 470 g/mol. The number of aromatic amines is 1. The summed E-state index contributed by atoms with van der Waals surface area (Å²) < 4.78 is 5.27. The zero-order valence-corrected chi connectivity index (χ0v) is 19.5. The molecule has 1 aromatic heterocycles. The molecule has 0 bridgehead atoms. The van der Waals surface area contributed by atoms with Crippen LogP contribution in [0.2, 0.25) is 5.02 Å². The van der Waals surface area contributed by atoms with Gasteiger partial charge in [-0.15, -0.1) is 0 Å². The molecule has 0 unspecified atom stereocenters. The van der Waals surface area contributed by atoms with E-state index in [4.69, 9.17) is 16.3 Å². The van der Waals surface area contributed by atoms with Crippen molar-refractivity contribution in [2.45, 2.75) is 13.0 Å². The number of methoxy groups -OCH3 is 1. The van der Waals surface area contributed by atoms with Gasteiger partial charge in [-0.2, -0.15) is 5.10 Å². The minimum absolute atomic E-state index is 0.00377. The second-order valence-electron chi connectivity index (χ2n) is 8.21. The van der Waals surface area contributed by atoms with Crippen LogP contribution in [0.15, 0.2) is 78.9 Å². The molecular weight excluding hydrogens is 446 g/mol. The topological polar surface area (TPSA) is 58.2 Å². The lowest BCUT2D eigenvalue weighted by atomic mass is 9.97. The molecule has 1 amide bonds. The van der Waals surface area contributed by atoms with Crippen LogP contribution in [0.25, 0.3) is 22.9 Å². The first-order valence-corrected chi connectivity index (χ1v) is 11.5. The monoisotopic (exact) mass is 469 g/mol. The summed E-state index contributed by atoms with van der Waals surface area (Å²) in [7, 11) is 1.64. The summed E-state index contributed by atoms with van der Waals surface area (Å²) in [5.74, 6) is 0.777. The van der Waals surface area contributed by atoms with Gasteiger partial charge in [-0.05, 0) is 41.5 Å². The molecular formula is C28H24ClN3O2. The van der Waals surface area contributed by atoms with Gasteiger partial charge in [0.15, 0.2) is 0 Å². The quantitative estimate of drug-likeness (QED) is 0.294. The van der Waals surface area contributed by atoms with Crippen LogP contribution in [-0.2, 0) is 17.8 Å². The Balaban J connectivity index is 1.48. The van der Waals surface area contributed by atoms with Gasteiger partial charge in [0, 0.05) is 46.9 Å². The minimum atomic E-state index is -0.00377. The van der Waals surface area contributed by atoms with Crippen molar-refractivity contribution >= 4 is 29.2 Å². The van der Waals surface area contributed by atoms with E-state index >= 15 is 0 Å². The van der Waals surface area contributed by atoms with Gasteiger partial charge in [0.05, 0.1) is 12.8 Å². The number of amides is 1. The number of hydrogen-bond acceptors (Lipinski definition) is 3. The second kappa shape index (κ2) is 9.57. The molecule has 1 N–H and O–H groups in total. The van der Waals surface area contributed by atoms with E-state index in [1.165, 1.54) is 0 Å². The number of halogens is 1. The molecule has 0 aliphatic carbocycles. The number of nitrogens with one attached hydrogen (secondary N) is 1. The fourth-order valence-electron chi connectivity index (χ4n) is 4.24. The van der Waals surface area contributed by atoms with Crippen molar-refractivity contribution in [3.63, 3.8) is 0 Å². The molecule has 0 radical (unpaired) electrons. The van der Waals surface area contributed by atoms with Crippen LogP contribution in [0.1, 0.15) is 22.4 Å². The van der Waals surface area contributed by atoms with Gasteiger partial charge in [0.1, 0.15) is 5.75 Å². The Kier molecular flexibility index (Phi) is 6.19. The SMILES string of the molecule is COc1ccc(/C=C(/C(=O)N2CCc3[nH]nc(-c4ccc(Cl)cc4)c3C2)c2ccccc2)cc1. The lowest BCUT2D eigenvalue weighted by molar-refractivity contribution is -0.125. The molecule has 3 aromatic carbocycles. The highest BCUT2D eigenvalue weighted by Crippen LogP contribution is 2.31. The molecule has 5 nitrogen and oxygen atoms in total. The third-order valence-corrected chi connectivity index (χ3v) is 6.33. The molecule has 34 heavy (non-hydrogen) atoms. The van der Waals surface area contributed by atoms with E-state index in [0.717, 1.165) is 45.8 Å². The zero-order chi connectivity index (χ0) is 23.5. The fourth-order valence-corrected chi connectivity index (χ4v) is 4.36. The Hall–Kier alpha value is -3.83. The number of hydrogen-bond donors (Lipinski definition) is 1. The van der Waals surface area contributed by atoms with Gasteiger partial charge in [0.2, 0.25) is 0 Å². The van der Waals surface area contributed by atoms with E-state index in [1.807, 2.05) is 89.8 Å². The summed E-state index contributed by atoms with van der Waals surface area (Å²) in [6, 6.07) is 25.1. The predicted molar refractivity (Wildman–Crippen MR) is 135 cm³/mol. The Morgan fingerprint density at radius 1 is 1.03 bits per heavy atom. The first kappa shape index (κ1) is 22.0. The number of aromatic nitrogens is 2. The third-order valence-electron chi connectivity index (χ3n) is 6.08. The molecule has 0 saturated heterocycles. The number of carbonyl (C=O) groups excluding carboxylic acids is 1. The molecule has 0 atom stereocenters. The summed E-state index contributed by atoms with van der Waals surface area (Å²) in [4.78, 5) is 15.7. The van der Waals surface area contributed by atoms with Crippen molar-refractivity contribution in [2.24, 2.45) is 0 Å². The number of H-pyrrole nitrogens is 1. The normalized spacial score (nSPS) is 13.5.